The Hall–Kier alpha value is -2.32. The Morgan fingerprint density at radius 2 is 1.81 bits per heavy atom. The lowest BCUT2D eigenvalue weighted by molar-refractivity contribution is -0.384. The minimum atomic E-state index is -0.464. The Balaban J connectivity index is 1.87. The molecule has 8 heteroatoms. The normalized spacial score (nSPS) is 10.5. The van der Waals surface area contributed by atoms with E-state index in [4.69, 9.17) is 12.2 Å². The van der Waals surface area contributed by atoms with Gasteiger partial charge in [-0.2, -0.15) is 0 Å². The van der Waals surface area contributed by atoms with E-state index in [1.165, 1.54) is 24.3 Å². The minimum absolute atomic E-state index is 0.0165. The molecule has 0 aliphatic heterocycles. The van der Waals surface area contributed by atoms with Crippen molar-refractivity contribution in [3.05, 3.63) is 64.7 Å². The second-order valence-electron chi connectivity index (χ2n) is 3.82. The average molecular weight is 318 g/mol. The fourth-order valence-corrected chi connectivity index (χ4v) is 2.00. The lowest BCUT2D eigenvalue weighted by Gasteiger charge is -2.02. The van der Waals surface area contributed by atoms with Gasteiger partial charge in [0.1, 0.15) is 0 Å². The number of nitro benzene ring substituents is 1. The molecule has 2 rings (SSSR count). The van der Waals surface area contributed by atoms with E-state index in [9.17, 15) is 10.1 Å². The molecule has 0 aliphatic rings. The summed E-state index contributed by atoms with van der Waals surface area (Å²) in [6.07, 6.45) is 0. The molecule has 0 aromatic heterocycles. The molecule has 1 N–H and O–H groups in total. The van der Waals surface area contributed by atoms with Crippen molar-refractivity contribution in [1.82, 2.24) is 0 Å². The van der Waals surface area contributed by atoms with Crippen LogP contribution in [-0.4, -0.2) is 9.24 Å². The van der Waals surface area contributed by atoms with Crippen molar-refractivity contribution >= 4 is 45.5 Å². The molecule has 0 spiro atoms. The van der Waals surface area contributed by atoms with Crippen molar-refractivity contribution in [3.8, 4) is 0 Å². The molecule has 0 unspecified atom stereocenters. The summed E-state index contributed by atoms with van der Waals surface area (Å²) in [5, 5.41) is 17.4. The molecule has 0 saturated carbocycles. The lowest BCUT2D eigenvalue weighted by Crippen LogP contribution is -2.02. The maximum absolute atomic E-state index is 10.5. The maximum Gasteiger partial charge on any atom is 0.269 e. The van der Waals surface area contributed by atoms with Gasteiger partial charge in [-0.3, -0.25) is 10.1 Å². The quantitative estimate of drug-likeness (QED) is 0.290. The molecule has 2 aromatic carbocycles. The van der Waals surface area contributed by atoms with E-state index in [1.54, 1.807) is 0 Å². The Kier molecular flexibility index (Phi) is 5.35. The largest absolute Gasteiger partial charge is 0.340 e. The molecule has 106 valence electrons. The van der Waals surface area contributed by atoms with E-state index in [0.717, 1.165) is 17.6 Å². The summed E-state index contributed by atoms with van der Waals surface area (Å²) in [7, 11) is 0. The minimum Gasteiger partial charge on any atom is -0.340 e. The van der Waals surface area contributed by atoms with Crippen molar-refractivity contribution in [2.75, 3.05) is 5.32 Å². The topological polar surface area (TPSA) is 79.9 Å². The molecule has 0 atom stereocenters. The molecule has 0 amide bonds. The van der Waals surface area contributed by atoms with Crippen molar-refractivity contribution in [2.24, 2.45) is 9.63 Å². The van der Waals surface area contributed by atoms with Gasteiger partial charge in [-0.15, -0.1) is 9.63 Å². The standard InChI is InChI=1S/C13H10N4O2S2/c18-17(19)12-8-6-11(7-9-12)15-16-21-13(20)14-10-4-2-1-3-5-10/h1-9H,(H,14,20). The average Bonchev–Trinajstić information content (AvgIpc) is 2.49. The number of benzene rings is 2. The lowest BCUT2D eigenvalue weighted by atomic mass is 10.3. The van der Waals surface area contributed by atoms with Gasteiger partial charge in [0.05, 0.1) is 22.6 Å². The van der Waals surface area contributed by atoms with Crippen molar-refractivity contribution in [1.29, 1.82) is 0 Å². The van der Waals surface area contributed by atoms with Gasteiger partial charge in [0.25, 0.3) is 5.69 Å². The van der Waals surface area contributed by atoms with Gasteiger partial charge in [0, 0.05) is 17.8 Å². The summed E-state index contributed by atoms with van der Waals surface area (Å²) in [5.41, 5.74) is 1.42. The zero-order chi connectivity index (χ0) is 15.1. The molecule has 21 heavy (non-hydrogen) atoms. The molecular weight excluding hydrogens is 308 g/mol. The highest BCUT2D eigenvalue weighted by atomic mass is 32.2. The van der Waals surface area contributed by atoms with Gasteiger partial charge < -0.3 is 5.32 Å². The van der Waals surface area contributed by atoms with Gasteiger partial charge in [-0.25, -0.2) is 0 Å². The zero-order valence-corrected chi connectivity index (χ0v) is 12.3. The van der Waals surface area contributed by atoms with Crippen LogP contribution in [0.1, 0.15) is 0 Å². The van der Waals surface area contributed by atoms with E-state index < -0.39 is 4.92 Å². The van der Waals surface area contributed by atoms with Gasteiger partial charge in [0.2, 0.25) is 0 Å². The number of rotatable bonds is 4. The van der Waals surface area contributed by atoms with E-state index in [-0.39, 0.29) is 5.69 Å². The molecule has 2 aromatic rings. The Labute approximate surface area is 130 Å². The van der Waals surface area contributed by atoms with Gasteiger partial charge in [0.15, 0.2) is 4.32 Å². The Morgan fingerprint density at radius 1 is 1.14 bits per heavy atom. The van der Waals surface area contributed by atoms with Crippen LogP contribution in [0.4, 0.5) is 17.1 Å². The van der Waals surface area contributed by atoms with E-state index in [2.05, 4.69) is 15.0 Å². The highest BCUT2D eigenvalue weighted by Gasteiger charge is 2.03. The van der Waals surface area contributed by atoms with E-state index in [1.807, 2.05) is 30.3 Å². The predicted octanol–water partition coefficient (Wildman–Crippen LogP) is 4.72. The van der Waals surface area contributed by atoms with Crippen molar-refractivity contribution < 1.29 is 4.92 Å². The van der Waals surface area contributed by atoms with Gasteiger partial charge in [-0.05, 0) is 24.3 Å². The van der Waals surface area contributed by atoms with Gasteiger partial charge >= 0.3 is 0 Å². The van der Waals surface area contributed by atoms with Crippen LogP contribution < -0.4 is 5.32 Å². The first-order valence-electron chi connectivity index (χ1n) is 5.84. The molecular formula is C13H10N4O2S2. The van der Waals surface area contributed by atoms with Crippen LogP contribution in [0.15, 0.2) is 64.2 Å². The molecule has 0 fully saturated rings. The van der Waals surface area contributed by atoms with E-state index >= 15 is 0 Å². The fourth-order valence-electron chi connectivity index (χ4n) is 1.41. The molecule has 6 nitrogen and oxygen atoms in total. The zero-order valence-electron chi connectivity index (χ0n) is 10.7. The van der Waals surface area contributed by atoms with E-state index in [0.29, 0.717) is 10.0 Å². The number of nitrogens with one attached hydrogen (secondary N) is 1. The molecule has 0 radical (unpaired) electrons. The summed E-state index contributed by atoms with van der Waals surface area (Å²) >= 11 is 6.14. The first-order chi connectivity index (χ1) is 10.1. The number of thiocarbonyl (C=S) groups is 1. The third-order valence-electron chi connectivity index (χ3n) is 2.36. The van der Waals surface area contributed by atoms with Crippen molar-refractivity contribution in [2.45, 2.75) is 0 Å². The molecule has 0 saturated heterocycles. The highest BCUT2D eigenvalue weighted by Crippen LogP contribution is 2.20. The molecule has 0 aliphatic carbocycles. The number of anilines is 1. The van der Waals surface area contributed by atoms with Crippen LogP contribution in [0.3, 0.4) is 0 Å². The first-order valence-corrected chi connectivity index (χ1v) is 7.02. The maximum atomic E-state index is 10.5. The smallest absolute Gasteiger partial charge is 0.269 e. The SMILES string of the molecule is O=[N+]([O-])c1ccc(N=NSC(=S)Nc2ccccc2)cc1. The monoisotopic (exact) mass is 318 g/mol. The summed E-state index contributed by atoms with van der Waals surface area (Å²) in [5.74, 6) is 0. The number of nitrogens with zero attached hydrogens (tertiary/aromatic N) is 3. The number of hydrogen-bond donors (Lipinski definition) is 1. The number of nitro groups is 1. The summed E-state index contributed by atoms with van der Waals surface area (Å²) in [4.78, 5) is 10.0. The second-order valence-corrected chi connectivity index (χ2v) is 5.25. The number of para-hydroxylation sites is 1. The summed E-state index contributed by atoms with van der Waals surface area (Å²) in [6, 6.07) is 15.3. The third-order valence-corrected chi connectivity index (χ3v) is 3.12. The Morgan fingerprint density at radius 3 is 2.43 bits per heavy atom. The molecule has 0 heterocycles. The van der Waals surface area contributed by atoms with Crippen LogP contribution >= 0.6 is 24.2 Å². The number of hydrogen-bond acceptors (Lipinski definition) is 6. The summed E-state index contributed by atoms with van der Waals surface area (Å²) in [6.45, 7) is 0. The number of non-ortho nitro benzene ring substituents is 1. The fraction of sp³-hybridized carbons (Fsp3) is 0. The van der Waals surface area contributed by atoms with Crippen molar-refractivity contribution in [3.63, 3.8) is 0 Å². The van der Waals surface area contributed by atoms with Crippen LogP contribution in [0, 0.1) is 10.1 Å². The molecule has 0 bridgehead atoms. The highest BCUT2D eigenvalue weighted by molar-refractivity contribution is 8.22. The first kappa shape index (κ1) is 15.1. The van der Waals surface area contributed by atoms with Crippen LogP contribution in [-0.2, 0) is 0 Å². The van der Waals surface area contributed by atoms with Crippen LogP contribution in [0.25, 0.3) is 0 Å². The Bertz CT molecular complexity index is 660. The third kappa shape index (κ3) is 4.93. The van der Waals surface area contributed by atoms with Crippen LogP contribution in [0.2, 0.25) is 0 Å². The predicted molar refractivity (Wildman–Crippen MR) is 87.9 cm³/mol. The van der Waals surface area contributed by atoms with Crippen LogP contribution in [0.5, 0.6) is 0 Å². The second kappa shape index (κ2) is 7.46. The summed E-state index contributed by atoms with van der Waals surface area (Å²) < 4.78 is 4.35. The van der Waals surface area contributed by atoms with Gasteiger partial charge in [-0.1, -0.05) is 30.4 Å².